The zero-order valence-corrected chi connectivity index (χ0v) is 15.6. The number of nitrogens with one attached hydrogen (secondary N) is 1. The monoisotopic (exact) mass is 398 g/mol. The van der Waals surface area contributed by atoms with Crippen LogP contribution in [0.5, 0.6) is 0 Å². The van der Waals surface area contributed by atoms with Gasteiger partial charge in [-0.25, -0.2) is 12.8 Å². The van der Waals surface area contributed by atoms with E-state index >= 15 is 0 Å². The van der Waals surface area contributed by atoms with Gasteiger partial charge in [0.1, 0.15) is 10.0 Å². The molecule has 0 saturated carbocycles. The molecule has 0 atom stereocenters. The first kappa shape index (κ1) is 17.0. The number of nitrogens with zero attached hydrogens (tertiary/aromatic N) is 1. The summed E-state index contributed by atoms with van der Waals surface area (Å²) in [4.78, 5) is 3.11. The molecule has 0 aliphatic carbocycles. The van der Waals surface area contributed by atoms with Crippen molar-refractivity contribution in [1.82, 2.24) is 9.29 Å². The van der Waals surface area contributed by atoms with Gasteiger partial charge in [0.05, 0.1) is 4.34 Å². The minimum atomic E-state index is -3.47. The van der Waals surface area contributed by atoms with E-state index in [0.717, 1.165) is 40.6 Å². The molecule has 1 aliphatic rings. The van der Waals surface area contributed by atoms with E-state index < -0.39 is 10.0 Å². The number of rotatable bonds is 3. The standard InChI is InChI=1S/C17H16ClFN2O2S2/c18-16-3-4-17(24-16)25(22,23)21-7-5-11(6-8-21)14-10-20-15-9-12(19)1-2-13(14)15/h1-4,9-11,20H,5-8H2. The molecule has 2 aromatic heterocycles. The van der Waals surface area contributed by atoms with Crippen LogP contribution in [0, 0.1) is 5.82 Å². The fourth-order valence-electron chi connectivity index (χ4n) is 3.43. The van der Waals surface area contributed by atoms with Crippen LogP contribution in [0.15, 0.2) is 40.7 Å². The molecule has 0 radical (unpaired) electrons. The molecule has 132 valence electrons. The Morgan fingerprint density at radius 2 is 1.96 bits per heavy atom. The van der Waals surface area contributed by atoms with Gasteiger partial charge < -0.3 is 4.98 Å². The third-order valence-electron chi connectivity index (χ3n) is 4.71. The molecule has 1 aromatic carbocycles. The van der Waals surface area contributed by atoms with Crippen molar-refractivity contribution in [1.29, 1.82) is 0 Å². The first-order chi connectivity index (χ1) is 11.9. The summed E-state index contributed by atoms with van der Waals surface area (Å²) in [5.74, 6) is -0.00555. The van der Waals surface area contributed by atoms with Crippen molar-refractivity contribution in [3.63, 3.8) is 0 Å². The molecule has 0 bridgehead atoms. The molecule has 3 aromatic rings. The van der Waals surface area contributed by atoms with Gasteiger partial charge in [0.25, 0.3) is 10.0 Å². The number of hydrogen-bond acceptors (Lipinski definition) is 3. The van der Waals surface area contributed by atoms with Crippen LogP contribution in [0.25, 0.3) is 10.9 Å². The number of fused-ring (bicyclic) bond motifs is 1. The zero-order chi connectivity index (χ0) is 17.6. The third-order valence-corrected chi connectivity index (χ3v) is 8.31. The number of piperidine rings is 1. The molecular weight excluding hydrogens is 383 g/mol. The Morgan fingerprint density at radius 3 is 2.64 bits per heavy atom. The first-order valence-corrected chi connectivity index (χ1v) is 10.6. The van der Waals surface area contributed by atoms with Crippen LogP contribution in [0.2, 0.25) is 4.34 Å². The van der Waals surface area contributed by atoms with Crippen molar-refractivity contribution in [2.24, 2.45) is 0 Å². The number of aromatic nitrogens is 1. The van der Waals surface area contributed by atoms with E-state index in [4.69, 9.17) is 11.6 Å². The number of benzene rings is 1. The lowest BCUT2D eigenvalue weighted by Crippen LogP contribution is -2.37. The average molecular weight is 399 g/mol. The molecule has 1 N–H and O–H groups in total. The van der Waals surface area contributed by atoms with E-state index in [1.165, 1.54) is 16.4 Å². The predicted octanol–water partition coefficient (Wildman–Crippen LogP) is 4.59. The second-order valence-electron chi connectivity index (χ2n) is 6.17. The fourth-order valence-corrected chi connectivity index (χ4v) is 6.54. The second kappa shape index (κ2) is 6.39. The molecule has 0 amide bonds. The summed E-state index contributed by atoms with van der Waals surface area (Å²) in [6.07, 6.45) is 3.39. The SMILES string of the molecule is O=S(=O)(c1ccc(Cl)s1)N1CCC(c2c[nH]c3cc(F)ccc23)CC1. The van der Waals surface area contributed by atoms with Gasteiger partial charge in [0, 0.05) is 30.2 Å². The molecule has 25 heavy (non-hydrogen) atoms. The Bertz CT molecular complexity index is 1020. The van der Waals surface area contributed by atoms with Gasteiger partial charge in [-0.15, -0.1) is 11.3 Å². The maximum Gasteiger partial charge on any atom is 0.252 e. The van der Waals surface area contributed by atoms with Crippen molar-refractivity contribution in [2.45, 2.75) is 23.0 Å². The van der Waals surface area contributed by atoms with Crippen LogP contribution in [0.3, 0.4) is 0 Å². The van der Waals surface area contributed by atoms with Crippen molar-refractivity contribution in [3.05, 3.63) is 52.2 Å². The van der Waals surface area contributed by atoms with Gasteiger partial charge in [-0.05, 0) is 54.7 Å². The summed E-state index contributed by atoms with van der Waals surface area (Å²) < 4.78 is 41.0. The molecule has 8 heteroatoms. The summed E-state index contributed by atoms with van der Waals surface area (Å²) in [6, 6.07) is 7.89. The Labute approximate surface area is 154 Å². The molecule has 4 nitrogen and oxygen atoms in total. The van der Waals surface area contributed by atoms with E-state index in [-0.39, 0.29) is 11.7 Å². The van der Waals surface area contributed by atoms with Crippen molar-refractivity contribution in [3.8, 4) is 0 Å². The Kier molecular flexibility index (Phi) is 4.35. The van der Waals surface area contributed by atoms with Gasteiger partial charge in [-0.3, -0.25) is 0 Å². The van der Waals surface area contributed by atoms with E-state index in [1.807, 2.05) is 6.20 Å². The normalized spacial score (nSPS) is 17.4. The molecule has 4 rings (SSSR count). The number of sulfonamides is 1. The highest BCUT2D eigenvalue weighted by Crippen LogP contribution is 2.36. The lowest BCUT2D eigenvalue weighted by Gasteiger charge is -2.30. The topological polar surface area (TPSA) is 53.2 Å². The highest BCUT2D eigenvalue weighted by Gasteiger charge is 2.31. The minimum absolute atomic E-state index is 0.262. The smallest absolute Gasteiger partial charge is 0.252 e. The highest BCUT2D eigenvalue weighted by molar-refractivity contribution is 7.91. The minimum Gasteiger partial charge on any atom is -0.361 e. The number of hydrogen-bond donors (Lipinski definition) is 1. The van der Waals surface area contributed by atoms with Crippen LogP contribution >= 0.6 is 22.9 Å². The molecule has 1 saturated heterocycles. The largest absolute Gasteiger partial charge is 0.361 e. The van der Waals surface area contributed by atoms with Gasteiger partial charge in [-0.1, -0.05) is 11.6 Å². The van der Waals surface area contributed by atoms with E-state index in [1.54, 1.807) is 18.2 Å². The van der Waals surface area contributed by atoms with Crippen LogP contribution in [-0.4, -0.2) is 30.8 Å². The number of thiophene rings is 1. The van der Waals surface area contributed by atoms with Crippen molar-refractivity contribution in [2.75, 3.05) is 13.1 Å². The average Bonchev–Trinajstić information content (AvgIpc) is 3.21. The molecule has 3 heterocycles. The Morgan fingerprint density at radius 1 is 1.20 bits per heavy atom. The van der Waals surface area contributed by atoms with E-state index in [2.05, 4.69) is 4.98 Å². The predicted molar refractivity (Wildman–Crippen MR) is 98.3 cm³/mol. The van der Waals surface area contributed by atoms with E-state index in [9.17, 15) is 12.8 Å². The summed E-state index contributed by atoms with van der Waals surface area (Å²) in [5.41, 5.74) is 1.91. The zero-order valence-electron chi connectivity index (χ0n) is 13.2. The molecule has 1 fully saturated rings. The lowest BCUT2D eigenvalue weighted by molar-refractivity contribution is 0.321. The summed E-state index contributed by atoms with van der Waals surface area (Å²) in [6.45, 7) is 0.937. The van der Waals surface area contributed by atoms with Crippen LogP contribution in [0.1, 0.15) is 24.3 Å². The van der Waals surface area contributed by atoms with Crippen LogP contribution in [0.4, 0.5) is 4.39 Å². The summed E-state index contributed by atoms with van der Waals surface area (Å²) >= 11 is 6.95. The maximum absolute atomic E-state index is 13.3. The van der Waals surface area contributed by atoms with Crippen molar-refractivity contribution < 1.29 is 12.8 Å². The molecule has 0 unspecified atom stereocenters. The third kappa shape index (κ3) is 3.10. The Balaban J connectivity index is 1.53. The maximum atomic E-state index is 13.3. The van der Waals surface area contributed by atoms with Crippen LogP contribution in [-0.2, 0) is 10.0 Å². The molecule has 0 spiro atoms. The molecular formula is C17H16ClFN2O2S2. The summed E-state index contributed by atoms with van der Waals surface area (Å²) in [5, 5.41) is 1.01. The number of H-pyrrole nitrogens is 1. The number of halogens is 2. The summed E-state index contributed by atoms with van der Waals surface area (Å²) in [7, 11) is -3.47. The lowest BCUT2D eigenvalue weighted by atomic mass is 9.90. The van der Waals surface area contributed by atoms with Gasteiger partial charge in [-0.2, -0.15) is 4.31 Å². The quantitative estimate of drug-likeness (QED) is 0.701. The fraction of sp³-hybridized carbons (Fsp3) is 0.294. The number of aromatic amines is 1. The molecule has 1 aliphatic heterocycles. The van der Waals surface area contributed by atoms with Gasteiger partial charge >= 0.3 is 0 Å². The highest BCUT2D eigenvalue weighted by atomic mass is 35.5. The van der Waals surface area contributed by atoms with Gasteiger partial charge in [0.15, 0.2) is 0 Å². The van der Waals surface area contributed by atoms with E-state index in [0.29, 0.717) is 21.6 Å². The van der Waals surface area contributed by atoms with Crippen molar-refractivity contribution >= 4 is 43.9 Å². The second-order valence-corrected chi connectivity index (χ2v) is 10.1. The first-order valence-electron chi connectivity index (χ1n) is 7.97. The van der Waals surface area contributed by atoms with Crippen LogP contribution < -0.4 is 0 Å². The van der Waals surface area contributed by atoms with Gasteiger partial charge in [0.2, 0.25) is 0 Å². The Hall–Kier alpha value is -1.41.